The van der Waals surface area contributed by atoms with Crippen LogP contribution < -0.4 is 10.3 Å². The summed E-state index contributed by atoms with van der Waals surface area (Å²) in [6.07, 6.45) is 0.766. The quantitative estimate of drug-likeness (QED) is 0.452. The molecule has 3 nitrogen and oxygen atoms in total. The standard InChI is InChI=1S/C22H19BrCl2N2O/c1-14(26-22(28)20-3-2-4-21(23)27-20)19(16-7-11-18(25)12-8-16)13-15-5-9-17(24)10-6-15/h2-12,14,19H,13H2,1H3,(H,26,28)/p+1/t14-,19+/m1/s1. The van der Waals surface area contributed by atoms with E-state index in [0.717, 1.165) is 22.2 Å². The third-order valence-corrected chi connectivity index (χ3v) is 5.60. The van der Waals surface area contributed by atoms with E-state index in [1.807, 2.05) is 67.6 Å². The first-order valence-electron chi connectivity index (χ1n) is 8.91. The van der Waals surface area contributed by atoms with Crippen LogP contribution in [0.15, 0.2) is 71.3 Å². The second kappa shape index (κ2) is 9.55. The van der Waals surface area contributed by atoms with Crippen LogP contribution in [0.4, 0.5) is 0 Å². The molecular weight excluding hydrogens is 459 g/mol. The summed E-state index contributed by atoms with van der Waals surface area (Å²) < 4.78 is 0.753. The van der Waals surface area contributed by atoms with Crippen LogP contribution in [0.3, 0.4) is 0 Å². The van der Waals surface area contributed by atoms with Crippen molar-refractivity contribution in [1.29, 1.82) is 0 Å². The van der Waals surface area contributed by atoms with Gasteiger partial charge in [-0.2, -0.15) is 4.98 Å². The first kappa shape index (κ1) is 20.8. The van der Waals surface area contributed by atoms with E-state index in [4.69, 9.17) is 23.2 Å². The maximum Gasteiger partial charge on any atom is 0.316 e. The second-order valence-corrected chi connectivity index (χ2v) is 8.39. The number of carbonyl (C=O) groups is 1. The van der Waals surface area contributed by atoms with Gasteiger partial charge < -0.3 is 5.32 Å². The normalized spacial score (nSPS) is 13.0. The lowest BCUT2D eigenvalue weighted by molar-refractivity contribution is -0.396. The number of aromatic nitrogens is 1. The van der Waals surface area contributed by atoms with Crippen LogP contribution in [-0.2, 0) is 6.42 Å². The van der Waals surface area contributed by atoms with Crippen molar-refractivity contribution in [2.24, 2.45) is 0 Å². The van der Waals surface area contributed by atoms with Crippen LogP contribution in [-0.4, -0.2) is 11.9 Å². The fraction of sp³-hybridized carbons (Fsp3) is 0.182. The molecular formula is C22H20BrCl2N2O+. The predicted octanol–water partition coefficient (Wildman–Crippen LogP) is 5.71. The second-order valence-electron chi connectivity index (χ2n) is 6.66. The number of pyridine rings is 1. The number of nitrogens with one attached hydrogen (secondary N) is 2. The van der Waals surface area contributed by atoms with Crippen molar-refractivity contribution in [1.82, 2.24) is 5.32 Å². The first-order valence-corrected chi connectivity index (χ1v) is 10.5. The molecule has 0 saturated carbocycles. The minimum atomic E-state index is -0.149. The topological polar surface area (TPSA) is 43.2 Å². The number of rotatable bonds is 6. The molecule has 3 aromatic rings. The molecule has 0 aliphatic rings. The summed E-state index contributed by atoms with van der Waals surface area (Å²) in [4.78, 5) is 15.7. The molecule has 0 aliphatic heterocycles. The van der Waals surface area contributed by atoms with E-state index in [2.05, 4.69) is 26.2 Å². The number of benzene rings is 2. The van der Waals surface area contributed by atoms with Gasteiger partial charge in [-0.1, -0.05) is 47.5 Å². The Morgan fingerprint density at radius 1 is 1.00 bits per heavy atom. The highest BCUT2D eigenvalue weighted by Crippen LogP contribution is 2.27. The molecule has 0 saturated heterocycles. The summed E-state index contributed by atoms with van der Waals surface area (Å²) in [5.74, 6) is -0.0709. The molecule has 144 valence electrons. The van der Waals surface area contributed by atoms with Gasteiger partial charge in [0, 0.05) is 50.1 Å². The number of hydrogen-bond acceptors (Lipinski definition) is 1. The molecule has 2 aromatic carbocycles. The van der Waals surface area contributed by atoms with Crippen molar-refractivity contribution in [3.05, 3.63) is 98.2 Å². The van der Waals surface area contributed by atoms with Crippen LogP contribution in [0.25, 0.3) is 0 Å². The molecule has 1 amide bonds. The highest BCUT2D eigenvalue weighted by atomic mass is 79.9. The Labute approximate surface area is 183 Å². The van der Waals surface area contributed by atoms with E-state index < -0.39 is 0 Å². The highest BCUT2D eigenvalue weighted by molar-refractivity contribution is 9.10. The van der Waals surface area contributed by atoms with Crippen molar-refractivity contribution < 1.29 is 9.78 Å². The zero-order chi connectivity index (χ0) is 20.1. The molecule has 3 rings (SSSR count). The minimum absolute atomic E-state index is 0.0783. The van der Waals surface area contributed by atoms with Gasteiger partial charge in [0.15, 0.2) is 0 Å². The molecule has 0 radical (unpaired) electrons. The highest BCUT2D eigenvalue weighted by Gasteiger charge is 2.24. The van der Waals surface area contributed by atoms with Crippen molar-refractivity contribution in [3.8, 4) is 0 Å². The van der Waals surface area contributed by atoms with E-state index in [1.165, 1.54) is 0 Å². The van der Waals surface area contributed by atoms with E-state index in [-0.39, 0.29) is 17.9 Å². The van der Waals surface area contributed by atoms with Crippen LogP contribution in [0.1, 0.15) is 34.5 Å². The maximum atomic E-state index is 12.7. The molecule has 0 fully saturated rings. The van der Waals surface area contributed by atoms with Gasteiger partial charge in [-0.05, 0) is 54.8 Å². The van der Waals surface area contributed by atoms with E-state index in [9.17, 15) is 4.79 Å². The number of amides is 1. The Balaban J connectivity index is 1.83. The smallest absolute Gasteiger partial charge is 0.316 e. The Bertz CT molecular complexity index is 946. The summed E-state index contributed by atoms with van der Waals surface area (Å²) in [5, 5.41) is 4.51. The number of aromatic amines is 1. The SMILES string of the molecule is C[C@@H](NC(=O)c1cccc(Br)[nH+]1)[C@H](Cc1ccc(Cl)cc1)c1ccc(Cl)cc1. The average Bonchev–Trinajstić information content (AvgIpc) is 2.68. The third-order valence-electron chi connectivity index (χ3n) is 4.63. The van der Waals surface area contributed by atoms with Crippen LogP contribution >= 0.6 is 39.1 Å². The molecule has 0 unspecified atom stereocenters. The van der Waals surface area contributed by atoms with Gasteiger partial charge in [0.25, 0.3) is 5.69 Å². The van der Waals surface area contributed by atoms with Gasteiger partial charge in [-0.25, -0.2) is 0 Å². The Morgan fingerprint density at radius 2 is 1.61 bits per heavy atom. The third kappa shape index (κ3) is 5.57. The summed E-state index contributed by atoms with van der Waals surface area (Å²) >= 11 is 15.4. The van der Waals surface area contributed by atoms with Crippen molar-refractivity contribution in [2.45, 2.75) is 25.3 Å². The van der Waals surface area contributed by atoms with Crippen LogP contribution in [0, 0.1) is 0 Å². The molecule has 6 heteroatoms. The summed E-state index contributed by atoms with van der Waals surface area (Å²) in [6, 6.07) is 20.9. The van der Waals surface area contributed by atoms with Gasteiger partial charge >= 0.3 is 5.91 Å². The molecule has 1 aromatic heterocycles. The predicted molar refractivity (Wildman–Crippen MR) is 117 cm³/mol. The van der Waals surface area contributed by atoms with Crippen molar-refractivity contribution >= 4 is 45.0 Å². The zero-order valence-corrected chi connectivity index (χ0v) is 18.4. The number of hydrogen-bond donors (Lipinski definition) is 1. The fourth-order valence-electron chi connectivity index (χ4n) is 3.13. The molecule has 0 bridgehead atoms. The van der Waals surface area contributed by atoms with Crippen molar-refractivity contribution in [3.63, 3.8) is 0 Å². The number of H-pyrrole nitrogens is 1. The molecule has 1 heterocycles. The molecule has 2 N–H and O–H groups in total. The van der Waals surface area contributed by atoms with Crippen LogP contribution in [0.5, 0.6) is 0 Å². The van der Waals surface area contributed by atoms with E-state index in [1.54, 1.807) is 6.07 Å². The van der Waals surface area contributed by atoms with Gasteiger partial charge in [0.1, 0.15) is 0 Å². The largest absolute Gasteiger partial charge is 0.344 e. The lowest BCUT2D eigenvalue weighted by atomic mass is 9.86. The first-order chi connectivity index (χ1) is 13.4. The minimum Gasteiger partial charge on any atom is -0.344 e. The lowest BCUT2D eigenvalue weighted by Gasteiger charge is -2.25. The molecule has 2 atom stereocenters. The Hall–Kier alpha value is -1.88. The molecule has 28 heavy (non-hydrogen) atoms. The van der Waals surface area contributed by atoms with Gasteiger partial charge in [-0.3, -0.25) is 4.79 Å². The molecule has 0 spiro atoms. The monoisotopic (exact) mass is 477 g/mol. The number of carbonyl (C=O) groups excluding carboxylic acids is 1. The van der Waals surface area contributed by atoms with Gasteiger partial charge in [0.05, 0.1) is 0 Å². The Kier molecular flexibility index (Phi) is 7.11. The van der Waals surface area contributed by atoms with Gasteiger partial charge in [-0.15, -0.1) is 0 Å². The van der Waals surface area contributed by atoms with E-state index >= 15 is 0 Å². The van der Waals surface area contributed by atoms with Crippen LogP contribution in [0.2, 0.25) is 10.0 Å². The zero-order valence-electron chi connectivity index (χ0n) is 15.3. The van der Waals surface area contributed by atoms with E-state index in [0.29, 0.717) is 15.7 Å². The maximum absolute atomic E-state index is 12.7. The average molecular weight is 479 g/mol. The van der Waals surface area contributed by atoms with Crippen molar-refractivity contribution in [2.75, 3.05) is 0 Å². The number of halogens is 3. The summed E-state index contributed by atoms with van der Waals surface area (Å²) in [6.45, 7) is 2.02. The fourth-order valence-corrected chi connectivity index (χ4v) is 3.74. The lowest BCUT2D eigenvalue weighted by Crippen LogP contribution is -2.40. The molecule has 0 aliphatic carbocycles. The summed E-state index contributed by atoms with van der Waals surface area (Å²) in [7, 11) is 0. The summed E-state index contributed by atoms with van der Waals surface area (Å²) in [5.41, 5.74) is 2.77. The Morgan fingerprint density at radius 3 is 2.21 bits per heavy atom. The van der Waals surface area contributed by atoms with Gasteiger partial charge in [0.2, 0.25) is 4.60 Å².